The summed E-state index contributed by atoms with van der Waals surface area (Å²) in [6.45, 7) is 6.35. The van der Waals surface area contributed by atoms with Gasteiger partial charge in [0.2, 0.25) is 11.8 Å². The minimum Gasteiger partial charge on any atom is -0.494 e. The molecule has 1 aromatic carbocycles. The topological polar surface area (TPSA) is 76.2 Å². The molecule has 0 aliphatic carbocycles. The fourth-order valence-corrected chi connectivity index (χ4v) is 4.25. The molecule has 0 bridgehead atoms. The number of ether oxygens (including phenoxy) is 2. The van der Waals surface area contributed by atoms with E-state index >= 15 is 0 Å². The van der Waals surface area contributed by atoms with Crippen LogP contribution in [0, 0.1) is 5.92 Å². The van der Waals surface area contributed by atoms with E-state index in [0.29, 0.717) is 51.6 Å². The summed E-state index contributed by atoms with van der Waals surface area (Å²) in [5, 5.41) is 0. The summed E-state index contributed by atoms with van der Waals surface area (Å²) in [7, 11) is 0. The highest BCUT2D eigenvalue weighted by Gasteiger charge is 2.31. The maximum Gasteiger partial charge on any atom is 0.227 e. The maximum atomic E-state index is 12.8. The molecule has 7 heteroatoms. The molecule has 0 radical (unpaired) electrons. The minimum absolute atomic E-state index is 0.0474. The summed E-state index contributed by atoms with van der Waals surface area (Å²) in [4.78, 5) is 41.6. The zero-order valence-electron chi connectivity index (χ0n) is 19.2. The fourth-order valence-electron chi connectivity index (χ4n) is 4.25. The predicted molar refractivity (Wildman–Crippen MR) is 122 cm³/mol. The van der Waals surface area contributed by atoms with Gasteiger partial charge < -0.3 is 19.3 Å². The number of carbonyl (C=O) groups excluding carboxylic acids is 3. The van der Waals surface area contributed by atoms with E-state index in [-0.39, 0.29) is 36.4 Å². The number of morpholine rings is 1. The van der Waals surface area contributed by atoms with Crippen LogP contribution in [0.25, 0.3) is 0 Å². The molecule has 2 heterocycles. The monoisotopic (exact) mass is 444 g/mol. The van der Waals surface area contributed by atoms with E-state index in [1.165, 1.54) is 0 Å². The van der Waals surface area contributed by atoms with Crippen LogP contribution in [-0.2, 0) is 14.3 Å². The number of nitrogens with zero attached hydrogens (tertiary/aromatic N) is 2. The lowest BCUT2D eigenvalue weighted by Gasteiger charge is -2.36. The lowest BCUT2D eigenvalue weighted by Crippen LogP contribution is -2.49. The van der Waals surface area contributed by atoms with Crippen molar-refractivity contribution in [1.82, 2.24) is 9.80 Å². The van der Waals surface area contributed by atoms with Crippen molar-refractivity contribution in [3.8, 4) is 5.75 Å². The Labute approximate surface area is 191 Å². The average Bonchev–Trinajstić information content (AvgIpc) is 2.85. The van der Waals surface area contributed by atoms with Crippen LogP contribution in [0.5, 0.6) is 5.75 Å². The van der Waals surface area contributed by atoms with Crippen molar-refractivity contribution < 1.29 is 23.9 Å². The molecule has 0 saturated carbocycles. The molecule has 1 aromatic rings. The maximum absolute atomic E-state index is 12.8. The van der Waals surface area contributed by atoms with E-state index in [4.69, 9.17) is 9.47 Å². The van der Waals surface area contributed by atoms with Gasteiger partial charge in [-0.05, 0) is 43.5 Å². The summed E-state index contributed by atoms with van der Waals surface area (Å²) < 4.78 is 11.0. The summed E-state index contributed by atoms with van der Waals surface area (Å²) in [6, 6.07) is 7.15. The highest BCUT2D eigenvalue weighted by Crippen LogP contribution is 2.21. The minimum atomic E-state index is -0.147. The van der Waals surface area contributed by atoms with Gasteiger partial charge in [-0.15, -0.1) is 0 Å². The largest absolute Gasteiger partial charge is 0.494 e. The molecule has 7 nitrogen and oxygen atoms in total. The number of unbranched alkanes of at least 4 members (excludes halogenated alkanes) is 2. The third kappa shape index (κ3) is 7.05. The second-order valence-electron chi connectivity index (χ2n) is 8.62. The highest BCUT2D eigenvalue weighted by atomic mass is 16.5. The van der Waals surface area contributed by atoms with Crippen LogP contribution < -0.4 is 4.74 Å². The van der Waals surface area contributed by atoms with Crippen molar-refractivity contribution >= 4 is 17.6 Å². The van der Waals surface area contributed by atoms with Crippen molar-refractivity contribution in [2.24, 2.45) is 5.92 Å². The molecule has 2 saturated heterocycles. The van der Waals surface area contributed by atoms with Crippen molar-refractivity contribution in [3.05, 3.63) is 29.8 Å². The molecule has 3 rings (SSSR count). The number of Topliss-reactive ketones (excluding diaryl/α,β-unsaturated/α-hetero) is 1. The number of amides is 2. The molecule has 1 atom stereocenters. The Bertz CT molecular complexity index is 758. The number of hydrogen-bond donors (Lipinski definition) is 0. The number of benzene rings is 1. The zero-order chi connectivity index (χ0) is 22.8. The second kappa shape index (κ2) is 12.6. The van der Waals surface area contributed by atoms with Crippen LogP contribution in [0.4, 0.5) is 0 Å². The van der Waals surface area contributed by atoms with Crippen LogP contribution in [0.2, 0.25) is 0 Å². The van der Waals surface area contributed by atoms with E-state index in [9.17, 15) is 14.4 Å². The van der Waals surface area contributed by atoms with Gasteiger partial charge in [0.05, 0.1) is 25.7 Å². The molecule has 176 valence electrons. The predicted octanol–water partition coefficient (Wildman–Crippen LogP) is 3.32. The van der Waals surface area contributed by atoms with Crippen LogP contribution >= 0.6 is 0 Å². The number of piperidine rings is 1. The number of carbonyl (C=O) groups is 3. The van der Waals surface area contributed by atoms with Crippen molar-refractivity contribution in [2.45, 2.75) is 51.9 Å². The van der Waals surface area contributed by atoms with Gasteiger partial charge >= 0.3 is 0 Å². The van der Waals surface area contributed by atoms with Gasteiger partial charge in [0, 0.05) is 44.6 Å². The Morgan fingerprint density at radius 2 is 1.75 bits per heavy atom. The first kappa shape index (κ1) is 24.2. The molecule has 32 heavy (non-hydrogen) atoms. The zero-order valence-corrected chi connectivity index (χ0v) is 19.2. The Balaban J connectivity index is 1.43. The lowest BCUT2D eigenvalue weighted by atomic mass is 9.95. The van der Waals surface area contributed by atoms with E-state index in [1.807, 2.05) is 17.0 Å². The number of hydrogen-bond acceptors (Lipinski definition) is 5. The molecule has 2 fully saturated rings. The SMILES string of the molecule is CCCCCOc1ccc(C(=O)CCC(=O)N2CCCC(C(=O)N3CCOCC3)C2)cc1. The number of ketones is 1. The fraction of sp³-hybridized carbons (Fsp3) is 0.640. The highest BCUT2D eigenvalue weighted by molar-refractivity contribution is 5.98. The molecule has 0 spiro atoms. The molecule has 2 aliphatic rings. The standard InChI is InChI=1S/C25H36N2O5/c1-2-3-4-16-32-22-9-7-20(8-10-22)23(28)11-12-24(29)27-13-5-6-21(19-27)25(30)26-14-17-31-18-15-26/h7-10,21H,2-6,11-19H2,1H3. The van der Waals surface area contributed by atoms with Gasteiger partial charge in [0.15, 0.2) is 5.78 Å². The van der Waals surface area contributed by atoms with E-state index < -0.39 is 0 Å². The van der Waals surface area contributed by atoms with E-state index in [0.717, 1.165) is 37.9 Å². The molecule has 0 N–H and O–H groups in total. The molecule has 1 unspecified atom stereocenters. The van der Waals surface area contributed by atoms with Crippen LogP contribution in [0.3, 0.4) is 0 Å². The van der Waals surface area contributed by atoms with Crippen molar-refractivity contribution in [1.29, 1.82) is 0 Å². The summed E-state index contributed by atoms with van der Waals surface area (Å²) in [5.74, 6) is 0.644. The Morgan fingerprint density at radius 3 is 2.47 bits per heavy atom. The first-order valence-corrected chi connectivity index (χ1v) is 12.0. The number of rotatable bonds is 10. The summed E-state index contributed by atoms with van der Waals surface area (Å²) in [6.07, 6.45) is 5.29. The third-order valence-electron chi connectivity index (χ3n) is 6.20. The van der Waals surface area contributed by atoms with Gasteiger partial charge in [-0.3, -0.25) is 14.4 Å². The molecular formula is C25H36N2O5. The molecule has 2 amide bonds. The van der Waals surface area contributed by atoms with Crippen LogP contribution in [0.1, 0.15) is 62.2 Å². The van der Waals surface area contributed by atoms with Gasteiger partial charge in [-0.2, -0.15) is 0 Å². The van der Waals surface area contributed by atoms with E-state index in [2.05, 4.69) is 6.92 Å². The smallest absolute Gasteiger partial charge is 0.227 e. The normalized spacial score (nSPS) is 19.0. The first-order valence-electron chi connectivity index (χ1n) is 12.0. The summed E-state index contributed by atoms with van der Waals surface area (Å²) in [5.41, 5.74) is 0.595. The van der Waals surface area contributed by atoms with Gasteiger partial charge in [-0.25, -0.2) is 0 Å². The molecule has 2 aliphatic heterocycles. The van der Waals surface area contributed by atoms with Crippen LogP contribution in [0.15, 0.2) is 24.3 Å². The lowest BCUT2D eigenvalue weighted by molar-refractivity contribution is -0.144. The van der Waals surface area contributed by atoms with Crippen molar-refractivity contribution in [3.63, 3.8) is 0 Å². The number of likely N-dealkylation sites (tertiary alicyclic amines) is 1. The Morgan fingerprint density at radius 1 is 1.00 bits per heavy atom. The second-order valence-corrected chi connectivity index (χ2v) is 8.62. The molecule has 0 aromatic heterocycles. The van der Waals surface area contributed by atoms with Gasteiger partial charge in [-0.1, -0.05) is 19.8 Å². The average molecular weight is 445 g/mol. The first-order chi connectivity index (χ1) is 15.6. The van der Waals surface area contributed by atoms with Crippen LogP contribution in [-0.4, -0.2) is 73.4 Å². The summed E-state index contributed by atoms with van der Waals surface area (Å²) >= 11 is 0. The van der Waals surface area contributed by atoms with Gasteiger partial charge in [0.1, 0.15) is 5.75 Å². The Hall–Kier alpha value is -2.41. The third-order valence-corrected chi connectivity index (χ3v) is 6.20. The van der Waals surface area contributed by atoms with Crippen molar-refractivity contribution in [2.75, 3.05) is 46.0 Å². The van der Waals surface area contributed by atoms with Gasteiger partial charge in [0.25, 0.3) is 0 Å². The quantitative estimate of drug-likeness (QED) is 0.409. The Kier molecular flexibility index (Phi) is 9.53. The molecular weight excluding hydrogens is 408 g/mol. The van der Waals surface area contributed by atoms with E-state index in [1.54, 1.807) is 17.0 Å².